The summed E-state index contributed by atoms with van der Waals surface area (Å²) in [6.07, 6.45) is 4.40. The largest absolute Gasteiger partial charge is 0.493 e. The predicted octanol–water partition coefficient (Wildman–Crippen LogP) is 2.84. The lowest BCUT2D eigenvalue weighted by Crippen LogP contribution is -2.36. The summed E-state index contributed by atoms with van der Waals surface area (Å²) in [5.74, 6) is 2.47. The van der Waals surface area contributed by atoms with Crippen LogP contribution in [0.15, 0.2) is 12.1 Å². The van der Waals surface area contributed by atoms with Gasteiger partial charge in [0, 0.05) is 30.7 Å². The van der Waals surface area contributed by atoms with Crippen molar-refractivity contribution in [1.82, 2.24) is 0 Å². The molecule has 1 aliphatic carbocycles. The van der Waals surface area contributed by atoms with Crippen LogP contribution in [0.3, 0.4) is 0 Å². The first-order valence-corrected chi connectivity index (χ1v) is 8.56. The number of ether oxygens (including phenoxy) is 2. The van der Waals surface area contributed by atoms with Gasteiger partial charge >= 0.3 is 0 Å². The average molecular weight is 316 g/mol. The minimum atomic E-state index is 0.410. The van der Waals surface area contributed by atoms with E-state index in [0.29, 0.717) is 24.5 Å². The molecule has 23 heavy (non-hydrogen) atoms. The molecule has 0 amide bonds. The van der Waals surface area contributed by atoms with Gasteiger partial charge in [-0.15, -0.1) is 0 Å². The average Bonchev–Trinajstić information content (AvgIpc) is 2.60. The molecule has 0 spiro atoms. The van der Waals surface area contributed by atoms with Crippen LogP contribution >= 0.6 is 0 Å². The Balaban J connectivity index is 2.06. The third kappa shape index (κ3) is 2.99. The van der Waals surface area contributed by atoms with E-state index >= 15 is 0 Å². The molecule has 0 N–H and O–H groups in total. The van der Waals surface area contributed by atoms with Gasteiger partial charge < -0.3 is 9.47 Å². The van der Waals surface area contributed by atoms with Crippen molar-refractivity contribution in [2.75, 3.05) is 27.3 Å². The zero-order chi connectivity index (χ0) is 16.4. The first-order valence-electron chi connectivity index (χ1n) is 8.56. The third-order valence-corrected chi connectivity index (χ3v) is 5.19. The van der Waals surface area contributed by atoms with Gasteiger partial charge in [-0.3, -0.25) is 4.79 Å². The quantitative estimate of drug-likeness (QED) is 0.802. The van der Waals surface area contributed by atoms with Gasteiger partial charge in [-0.25, -0.2) is 4.58 Å². The highest BCUT2D eigenvalue weighted by Crippen LogP contribution is 2.36. The van der Waals surface area contributed by atoms with Crippen LogP contribution in [-0.2, 0) is 11.2 Å². The van der Waals surface area contributed by atoms with Crippen LogP contribution in [0, 0.1) is 5.92 Å². The van der Waals surface area contributed by atoms with Crippen LogP contribution < -0.4 is 9.47 Å². The van der Waals surface area contributed by atoms with E-state index in [2.05, 4.69) is 23.6 Å². The molecule has 0 radical (unpaired) electrons. The van der Waals surface area contributed by atoms with E-state index in [-0.39, 0.29) is 0 Å². The van der Waals surface area contributed by atoms with Crippen LogP contribution in [0.5, 0.6) is 11.5 Å². The van der Waals surface area contributed by atoms with Crippen LogP contribution in [0.1, 0.15) is 43.7 Å². The summed E-state index contributed by atoms with van der Waals surface area (Å²) in [6.45, 7) is 4.26. The number of carbonyl (C=O) groups is 1. The Morgan fingerprint density at radius 1 is 1.09 bits per heavy atom. The van der Waals surface area contributed by atoms with E-state index < -0.39 is 0 Å². The van der Waals surface area contributed by atoms with Crippen LogP contribution in [0.25, 0.3) is 0 Å². The highest BCUT2D eigenvalue weighted by molar-refractivity contribution is 6.02. The molecular formula is C19H26NO3+. The topological polar surface area (TPSA) is 38.5 Å². The molecule has 1 aromatic carbocycles. The lowest BCUT2D eigenvalue weighted by Gasteiger charge is -2.27. The monoisotopic (exact) mass is 316 g/mol. The van der Waals surface area contributed by atoms with Crippen molar-refractivity contribution in [3.63, 3.8) is 0 Å². The molecule has 4 nitrogen and oxygen atoms in total. The Hall–Kier alpha value is -1.84. The summed E-state index contributed by atoms with van der Waals surface area (Å²) in [7, 11) is 3.37. The number of benzene rings is 1. The third-order valence-electron chi connectivity index (χ3n) is 5.19. The number of Topliss-reactive ketones (excluding diaryl/α,β-unsaturated/α-hetero) is 1. The van der Waals surface area contributed by atoms with Crippen molar-refractivity contribution in [1.29, 1.82) is 0 Å². The highest BCUT2D eigenvalue weighted by Gasteiger charge is 2.35. The number of likely N-dealkylation sites (N-methyl/N-ethyl adjacent to an activating group) is 1. The second-order valence-electron chi connectivity index (χ2n) is 6.39. The van der Waals surface area contributed by atoms with Crippen molar-refractivity contribution >= 4 is 11.5 Å². The summed E-state index contributed by atoms with van der Waals surface area (Å²) in [5, 5.41) is 0. The summed E-state index contributed by atoms with van der Waals surface area (Å²) >= 11 is 0. The van der Waals surface area contributed by atoms with Crippen molar-refractivity contribution in [2.24, 2.45) is 5.92 Å². The van der Waals surface area contributed by atoms with Gasteiger partial charge in [0.2, 0.25) is 0 Å². The molecule has 0 aromatic heterocycles. The first-order chi connectivity index (χ1) is 11.2. The Morgan fingerprint density at radius 2 is 1.74 bits per heavy atom. The fourth-order valence-electron chi connectivity index (χ4n) is 3.93. The molecule has 0 atom stereocenters. The lowest BCUT2D eigenvalue weighted by molar-refractivity contribution is -0.527. The second kappa shape index (κ2) is 6.73. The number of hydrogen-bond acceptors (Lipinski definition) is 3. The summed E-state index contributed by atoms with van der Waals surface area (Å²) in [4.78, 5) is 11.6. The molecule has 1 heterocycles. The number of nitrogens with zero attached hydrogens (tertiary/aromatic N) is 1. The number of ketones is 1. The number of hydrogen-bond donors (Lipinski definition) is 0. The Morgan fingerprint density at radius 3 is 2.35 bits per heavy atom. The number of rotatable bonds is 4. The van der Waals surface area contributed by atoms with E-state index in [9.17, 15) is 4.79 Å². The van der Waals surface area contributed by atoms with Gasteiger partial charge in [0.1, 0.15) is 18.9 Å². The minimum absolute atomic E-state index is 0.410. The summed E-state index contributed by atoms with van der Waals surface area (Å²) < 4.78 is 13.5. The van der Waals surface area contributed by atoms with E-state index in [1.165, 1.54) is 16.8 Å². The van der Waals surface area contributed by atoms with Crippen molar-refractivity contribution in [2.45, 2.75) is 39.0 Å². The molecule has 1 saturated carbocycles. The smallest absolute Gasteiger partial charge is 0.186 e. The molecule has 3 rings (SSSR count). The SMILES string of the molecule is CC[N+]1=C(C2CCC(=O)CC2)c2cc(OC)c(OC)cc2CC1. The maximum Gasteiger partial charge on any atom is 0.186 e. The molecule has 0 saturated heterocycles. The molecule has 1 aromatic rings. The fourth-order valence-corrected chi connectivity index (χ4v) is 3.93. The summed E-state index contributed by atoms with van der Waals surface area (Å²) in [6, 6.07) is 4.25. The van der Waals surface area contributed by atoms with Crippen molar-refractivity contribution in [3.05, 3.63) is 23.3 Å². The zero-order valence-corrected chi connectivity index (χ0v) is 14.4. The number of methoxy groups -OCH3 is 2. The fraction of sp³-hybridized carbons (Fsp3) is 0.579. The van der Waals surface area contributed by atoms with E-state index in [1.807, 2.05) is 0 Å². The predicted molar refractivity (Wildman–Crippen MR) is 90.0 cm³/mol. The van der Waals surface area contributed by atoms with Crippen molar-refractivity contribution in [3.8, 4) is 11.5 Å². The minimum Gasteiger partial charge on any atom is -0.493 e. The van der Waals surface area contributed by atoms with Crippen LogP contribution in [0.4, 0.5) is 0 Å². The van der Waals surface area contributed by atoms with Gasteiger partial charge in [-0.2, -0.15) is 0 Å². The molecule has 0 unspecified atom stereocenters. The maximum atomic E-state index is 11.6. The molecule has 1 fully saturated rings. The van der Waals surface area contributed by atoms with Gasteiger partial charge in [0.25, 0.3) is 0 Å². The first kappa shape index (κ1) is 16.0. The highest BCUT2D eigenvalue weighted by atomic mass is 16.5. The molecule has 1 aliphatic heterocycles. The lowest BCUT2D eigenvalue weighted by atomic mass is 9.79. The van der Waals surface area contributed by atoms with Crippen LogP contribution in [-0.4, -0.2) is 43.4 Å². The molecule has 124 valence electrons. The van der Waals surface area contributed by atoms with Crippen molar-refractivity contribution < 1.29 is 18.8 Å². The Kier molecular flexibility index (Phi) is 4.69. The Bertz CT molecular complexity index is 638. The normalized spacial score (nSPS) is 18.8. The van der Waals surface area contributed by atoms with Crippen LogP contribution in [0.2, 0.25) is 0 Å². The summed E-state index contributed by atoms with van der Waals surface area (Å²) in [5.41, 5.74) is 4.02. The van der Waals surface area contributed by atoms with E-state index in [4.69, 9.17) is 9.47 Å². The molecule has 4 heteroatoms. The number of fused-ring (bicyclic) bond motifs is 1. The van der Waals surface area contributed by atoms with Gasteiger partial charge in [0.15, 0.2) is 17.2 Å². The van der Waals surface area contributed by atoms with Gasteiger partial charge in [-0.05, 0) is 37.5 Å². The van der Waals surface area contributed by atoms with E-state index in [1.54, 1.807) is 14.2 Å². The molecule has 0 bridgehead atoms. The standard InChI is InChI=1S/C19H26NO3/c1-4-20-10-9-14-11-17(22-2)18(23-3)12-16(14)19(20)13-5-7-15(21)8-6-13/h11-13H,4-10H2,1-3H3/q+1. The van der Waals surface area contributed by atoms with Gasteiger partial charge in [0.05, 0.1) is 14.2 Å². The number of carbonyl (C=O) groups excluding carboxylic acids is 1. The van der Waals surface area contributed by atoms with Gasteiger partial charge in [-0.1, -0.05) is 0 Å². The Labute approximate surface area is 138 Å². The molecular weight excluding hydrogens is 290 g/mol. The van der Waals surface area contributed by atoms with E-state index in [0.717, 1.165) is 43.9 Å². The maximum absolute atomic E-state index is 11.6. The second-order valence-corrected chi connectivity index (χ2v) is 6.39. The molecule has 2 aliphatic rings. The zero-order valence-electron chi connectivity index (χ0n) is 14.4.